The molecule has 0 atom stereocenters. The van der Waals surface area contributed by atoms with E-state index < -0.39 is 18.5 Å². The zero-order valence-electron chi connectivity index (χ0n) is 6.03. The van der Waals surface area contributed by atoms with E-state index in [0.29, 0.717) is 0 Å². The fourth-order valence-electron chi connectivity index (χ4n) is 0. The van der Waals surface area contributed by atoms with E-state index in [0.717, 1.165) is 0 Å². The maximum Gasteiger partial charge on any atom is 4.00 e. The Bertz CT molecular complexity index is 118. The molecule has 0 aliphatic rings. The second kappa shape index (κ2) is 22.6. The van der Waals surface area contributed by atoms with Gasteiger partial charge in [0.15, 0.2) is 0 Å². The summed E-state index contributed by atoms with van der Waals surface area (Å²) in [6.07, 6.45) is -7.00. The molecule has 0 saturated carbocycles. The van der Waals surface area contributed by atoms with E-state index in [2.05, 4.69) is 0 Å². The summed E-state index contributed by atoms with van der Waals surface area (Å²) < 4.78 is 0. The van der Waals surface area contributed by atoms with Crippen LogP contribution in [-0.4, -0.2) is 29.4 Å². The van der Waals surface area contributed by atoms with E-state index in [1.807, 2.05) is 0 Å². The quantitative estimate of drug-likeness (QED) is 0.382. The van der Waals surface area contributed by atoms with Crippen molar-refractivity contribution in [2.45, 2.75) is 0 Å². The fourth-order valence-corrected chi connectivity index (χ4v) is 0. The third-order valence-electron chi connectivity index (χ3n) is 0. The molecule has 0 bridgehead atoms. The molecule has 0 aliphatic carbocycles. The Morgan fingerprint density at radius 3 is 0.571 bits per heavy atom. The minimum absolute atomic E-state index is 0. The summed E-state index contributed by atoms with van der Waals surface area (Å²) in [7, 11) is 0. The first-order valence-corrected chi connectivity index (χ1v) is 1.84. The topological polar surface area (TPSA) is 190 Å². The van der Waals surface area contributed by atoms with Gasteiger partial charge in [0.2, 0.25) is 0 Å². The Balaban J connectivity index is -0.0000000270. The Morgan fingerprint density at radius 2 is 0.571 bits per heavy atom. The molecule has 0 N–H and O–H groups in total. The molecule has 0 aromatic heterocycles. The number of carbonyl (C=O) groups is 3. The first-order chi connectivity index (χ1) is 5.20. The molecule has 0 rings (SSSR count). The van der Waals surface area contributed by atoms with Crippen molar-refractivity contribution < 1.29 is 62.1 Å². The predicted octanol–water partition coefficient (Wildman–Crippen LogP) is -7.72. The summed E-state index contributed by atoms with van der Waals surface area (Å²) in [5.74, 6) is 0. The van der Waals surface area contributed by atoms with E-state index in [9.17, 15) is 0 Å². The average molecular weight is 264 g/mol. The van der Waals surface area contributed by atoms with E-state index in [1.54, 1.807) is 0 Å². The SMILES string of the molecule is O=C([O-])[O-].O=C([O-])[O-].O=C([O-])[O-].[Fe+2].[Si+4]. The number of hydrogen-bond donors (Lipinski definition) is 0. The van der Waals surface area contributed by atoms with Crippen LogP contribution in [0.4, 0.5) is 14.4 Å². The van der Waals surface area contributed by atoms with Gasteiger partial charge in [-0.3, -0.25) is 0 Å². The average Bonchev–Trinajstić information content (AvgIpc) is 1.54. The molecule has 0 radical (unpaired) electrons. The molecule has 0 heterocycles. The van der Waals surface area contributed by atoms with E-state index >= 15 is 0 Å². The molecule has 9 nitrogen and oxygen atoms in total. The molecule has 0 fully saturated rings. The van der Waals surface area contributed by atoms with Gasteiger partial charge >= 0.3 is 28.0 Å². The molecule has 0 aliphatic heterocycles. The molecule has 11 heteroatoms. The van der Waals surface area contributed by atoms with Crippen LogP contribution in [0.15, 0.2) is 0 Å². The van der Waals surface area contributed by atoms with Gasteiger partial charge in [-0.15, -0.1) is 0 Å². The third kappa shape index (κ3) is 455. The van der Waals surface area contributed by atoms with Gasteiger partial charge in [0.25, 0.3) is 0 Å². The van der Waals surface area contributed by atoms with Gasteiger partial charge in [0.1, 0.15) is 0 Å². The van der Waals surface area contributed by atoms with Gasteiger partial charge in [0, 0.05) is 0 Å². The summed E-state index contributed by atoms with van der Waals surface area (Å²) in [6.45, 7) is 0. The van der Waals surface area contributed by atoms with Gasteiger partial charge in [-0.05, 0) is 18.5 Å². The Hall–Kier alpha value is -1.45. The molecule has 0 unspecified atom stereocenters. The Morgan fingerprint density at radius 1 is 0.571 bits per heavy atom. The largest absolute Gasteiger partial charge is 4.00 e. The van der Waals surface area contributed by atoms with Crippen LogP contribution in [0.2, 0.25) is 0 Å². The Labute approximate surface area is 92.1 Å². The van der Waals surface area contributed by atoms with Crippen LogP contribution >= 0.6 is 0 Å². The van der Waals surface area contributed by atoms with E-state index in [1.165, 1.54) is 0 Å². The minimum atomic E-state index is -2.33. The summed E-state index contributed by atoms with van der Waals surface area (Å²) in [5, 5.41) is 50.0. The van der Waals surface area contributed by atoms with Crippen LogP contribution in [0.3, 0.4) is 0 Å². The van der Waals surface area contributed by atoms with Gasteiger partial charge in [-0.25, -0.2) is 0 Å². The van der Waals surface area contributed by atoms with Crippen LogP contribution < -0.4 is 30.6 Å². The first-order valence-electron chi connectivity index (χ1n) is 1.84. The summed E-state index contributed by atoms with van der Waals surface area (Å²) >= 11 is 0. The molecule has 0 saturated heterocycles. The number of carboxylic acid groups (broad SMARTS) is 6. The molecule has 0 aromatic carbocycles. The number of hydrogen-bond acceptors (Lipinski definition) is 9. The van der Waals surface area contributed by atoms with Gasteiger partial charge < -0.3 is 45.0 Å². The Kier molecular flexibility index (Phi) is 47.3. The van der Waals surface area contributed by atoms with Crippen molar-refractivity contribution in [2.24, 2.45) is 0 Å². The number of carbonyl (C=O) groups excluding carboxylic acids is 3. The molecule has 0 spiro atoms. The molecular weight excluding hydrogens is 264 g/mol. The summed E-state index contributed by atoms with van der Waals surface area (Å²) in [4.78, 5) is 25.0. The van der Waals surface area contributed by atoms with Crippen LogP contribution in [0.1, 0.15) is 0 Å². The van der Waals surface area contributed by atoms with Crippen LogP contribution in [-0.2, 0) is 17.1 Å². The van der Waals surface area contributed by atoms with Crippen LogP contribution in [0, 0.1) is 0 Å². The second-order valence-electron chi connectivity index (χ2n) is 0.750. The van der Waals surface area contributed by atoms with Crippen molar-refractivity contribution in [2.75, 3.05) is 0 Å². The molecule has 0 aromatic rings. The van der Waals surface area contributed by atoms with E-state index in [-0.39, 0.29) is 28.0 Å². The van der Waals surface area contributed by atoms with Crippen molar-refractivity contribution in [3.05, 3.63) is 0 Å². The maximum atomic E-state index is 8.33. The predicted molar refractivity (Wildman–Crippen MR) is 21.9 cm³/mol. The standard InChI is InChI=1S/3CH2O3.Fe.Si/c3*2-1(3)4;;/h3*(H2,2,3,4);;/q;;;+2;+4/p-6. The number of rotatable bonds is 0. The van der Waals surface area contributed by atoms with Crippen molar-refractivity contribution in [1.82, 2.24) is 0 Å². The second-order valence-corrected chi connectivity index (χ2v) is 0.750. The monoisotopic (exact) mass is 264 g/mol. The maximum absolute atomic E-state index is 8.33. The zero-order valence-corrected chi connectivity index (χ0v) is 8.13. The summed E-state index contributed by atoms with van der Waals surface area (Å²) in [5.41, 5.74) is 0. The van der Waals surface area contributed by atoms with Crippen molar-refractivity contribution in [1.29, 1.82) is 0 Å². The smallest absolute Gasteiger partial charge is 0.652 e. The van der Waals surface area contributed by atoms with Crippen LogP contribution in [0.5, 0.6) is 0 Å². The van der Waals surface area contributed by atoms with Crippen LogP contribution in [0.25, 0.3) is 0 Å². The summed E-state index contributed by atoms with van der Waals surface area (Å²) in [6, 6.07) is 0. The van der Waals surface area contributed by atoms with E-state index in [4.69, 9.17) is 45.0 Å². The van der Waals surface area contributed by atoms with Crippen molar-refractivity contribution in [3.63, 3.8) is 0 Å². The van der Waals surface area contributed by atoms with Crippen molar-refractivity contribution in [3.8, 4) is 0 Å². The normalized spacial score (nSPS) is 5.14. The van der Waals surface area contributed by atoms with Crippen molar-refractivity contribution >= 4 is 29.4 Å². The molecular formula is C3FeO9Si. The van der Waals surface area contributed by atoms with Gasteiger partial charge in [-0.1, -0.05) is 0 Å². The minimum Gasteiger partial charge on any atom is -0.652 e. The third-order valence-corrected chi connectivity index (χ3v) is 0. The molecule has 14 heavy (non-hydrogen) atoms. The zero-order chi connectivity index (χ0) is 10.7. The fraction of sp³-hybridized carbons (Fsp3) is 0. The first kappa shape index (κ1) is 29.4. The van der Waals surface area contributed by atoms with Gasteiger partial charge in [0.05, 0.1) is 0 Å². The molecule has 0 amide bonds. The van der Waals surface area contributed by atoms with Gasteiger partial charge in [-0.2, -0.15) is 0 Å². The molecule has 78 valence electrons.